The first-order valence-electron chi connectivity index (χ1n) is 11.3. The molecule has 0 unspecified atom stereocenters. The van der Waals surface area contributed by atoms with Gasteiger partial charge in [-0.05, 0) is 87.7 Å². The SMILES string of the molecule is COc1ccccc1-n1nc(C23CC4CC(CC(C4)C2)C3)c2c1NCCCC2. The monoisotopic (exact) mass is 377 g/mol. The van der Waals surface area contributed by atoms with Gasteiger partial charge in [-0.2, -0.15) is 5.10 Å². The number of anilines is 1. The molecular formula is C24H31N3O. The van der Waals surface area contributed by atoms with E-state index >= 15 is 0 Å². The van der Waals surface area contributed by atoms with Crippen LogP contribution in [0.3, 0.4) is 0 Å². The van der Waals surface area contributed by atoms with Crippen LogP contribution in [0, 0.1) is 17.8 Å². The summed E-state index contributed by atoms with van der Waals surface area (Å²) in [5.41, 5.74) is 4.33. The number of methoxy groups -OCH3 is 1. The van der Waals surface area contributed by atoms with Crippen molar-refractivity contribution < 1.29 is 4.74 Å². The van der Waals surface area contributed by atoms with E-state index in [4.69, 9.17) is 9.84 Å². The van der Waals surface area contributed by atoms with Crippen LogP contribution in [0.2, 0.25) is 0 Å². The zero-order valence-corrected chi connectivity index (χ0v) is 16.9. The molecule has 4 aliphatic carbocycles. The summed E-state index contributed by atoms with van der Waals surface area (Å²) in [6.07, 6.45) is 12.2. The fourth-order valence-electron chi connectivity index (χ4n) is 7.31. The highest BCUT2D eigenvalue weighted by atomic mass is 16.5. The van der Waals surface area contributed by atoms with Crippen molar-refractivity contribution in [1.29, 1.82) is 0 Å². The summed E-state index contributed by atoms with van der Waals surface area (Å²) in [5, 5.41) is 9.12. The lowest BCUT2D eigenvalue weighted by Crippen LogP contribution is -2.49. The highest BCUT2D eigenvalue weighted by Gasteiger charge is 2.53. The van der Waals surface area contributed by atoms with Gasteiger partial charge >= 0.3 is 0 Å². The van der Waals surface area contributed by atoms with Crippen LogP contribution in [0.4, 0.5) is 5.82 Å². The van der Waals surface area contributed by atoms with Crippen LogP contribution in [-0.4, -0.2) is 23.4 Å². The normalized spacial score (nSPS) is 33.2. The van der Waals surface area contributed by atoms with Gasteiger partial charge in [0.05, 0.1) is 12.8 Å². The van der Waals surface area contributed by atoms with E-state index in [-0.39, 0.29) is 0 Å². The first-order valence-corrected chi connectivity index (χ1v) is 11.3. The standard InChI is InChI=1S/C24H31N3O/c1-28-21-8-3-2-7-20(21)27-23-19(6-4-5-9-25-23)22(26-27)24-13-16-10-17(14-24)12-18(11-16)15-24/h2-3,7-8,16-18,25H,4-6,9-15H2,1H3. The maximum Gasteiger partial charge on any atom is 0.144 e. The van der Waals surface area contributed by atoms with Gasteiger partial charge in [0.25, 0.3) is 0 Å². The van der Waals surface area contributed by atoms with E-state index in [1.165, 1.54) is 68.4 Å². The molecule has 1 aliphatic heterocycles. The number of nitrogens with zero attached hydrogens (tertiary/aromatic N) is 2. The third-order valence-corrected chi connectivity index (χ3v) is 7.98. The second kappa shape index (κ2) is 6.27. The largest absolute Gasteiger partial charge is 0.494 e. The van der Waals surface area contributed by atoms with Crippen molar-refractivity contribution in [2.75, 3.05) is 19.0 Å². The number of aromatic nitrogens is 2. The molecule has 1 aromatic carbocycles. The zero-order chi connectivity index (χ0) is 18.7. The number of rotatable bonds is 3. The van der Waals surface area contributed by atoms with Gasteiger partial charge in [0, 0.05) is 17.5 Å². The Balaban J connectivity index is 1.53. The summed E-state index contributed by atoms with van der Waals surface area (Å²) in [6.45, 7) is 1.04. The summed E-state index contributed by atoms with van der Waals surface area (Å²) >= 11 is 0. The van der Waals surface area contributed by atoms with Gasteiger partial charge in [-0.15, -0.1) is 0 Å². The predicted octanol–water partition coefficient (Wildman–Crippen LogP) is 5.10. The molecule has 1 aromatic heterocycles. The first kappa shape index (κ1) is 16.9. The maximum atomic E-state index is 5.69. The lowest BCUT2D eigenvalue weighted by molar-refractivity contribution is -0.00773. The number of hydrogen-bond acceptors (Lipinski definition) is 3. The van der Waals surface area contributed by atoms with E-state index in [9.17, 15) is 0 Å². The molecule has 148 valence electrons. The van der Waals surface area contributed by atoms with Crippen molar-refractivity contribution in [3.8, 4) is 11.4 Å². The van der Waals surface area contributed by atoms with Crippen molar-refractivity contribution in [1.82, 2.24) is 9.78 Å². The average Bonchev–Trinajstić information content (AvgIpc) is 2.89. The van der Waals surface area contributed by atoms with E-state index in [0.717, 1.165) is 42.2 Å². The fraction of sp³-hybridized carbons (Fsp3) is 0.625. The molecule has 4 saturated carbocycles. The van der Waals surface area contributed by atoms with Gasteiger partial charge < -0.3 is 10.1 Å². The molecule has 0 radical (unpaired) electrons. The van der Waals surface area contributed by atoms with E-state index in [1.54, 1.807) is 7.11 Å². The van der Waals surface area contributed by atoms with Gasteiger partial charge in [0.2, 0.25) is 0 Å². The van der Waals surface area contributed by atoms with Gasteiger partial charge in [-0.3, -0.25) is 0 Å². The van der Waals surface area contributed by atoms with Crippen LogP contribution in [-0.2, 0) is 11.8 Å². The molecule has 4 bridgehead atoms. The Morgan fingerprint density at radius 3 is 2.46 bits per heavy atom. The Bertz CT molecular complexity index is 864. The Morgan fingerprint density at radius 2 is 1.75 bits per heavy atom. The van der Waals surface area contributed by atoms with E-state index in [2.05, 4.69) is 22.1 Å². The molecule has 4 nitrogen and oxygen atoms in total. The van der Waals surface area contributed by atoms with Gasteiger partial charge in [-0.1, -0.05) is 12.1 Å². The van der Waals surface area contributed by atoms with E-state index in [0.29, 0.717) is 5.41 Å². The summed E-state index contributed by atoms with van der Waals surface area (Å²) in [5.74, 6) is 4.95. The Kier molecular flexibility index (Phi) is 3.79. The summed E-state index contributed by atoms with van der Waals surface area (Å²) in [6, 6.07) is 8.32. The maximum absolute atomic E-state index is 5.69. The topological polar surface area (TPSA) is 39.1 Å². The summed E-state index contributed by atoms with van der Waals surface area (Å²) in [4.78, 5) is 0. The highest BCUT2D eigenvalue weighted by molar-refractivity contribution is 5.59. The number of hydrogen-bond donors (Lipinski definition) is 1. The van der Waals surface area contributed by atoms with Crippen LogP contribution >= 0.6 is 0 Å². The third-order valence-electron chi connectivity index (χ3n) is 7.98. The Labute approximate surface area is 167 Å². The quantitative estimate of drug-likeness (QED) is 0.809. The third kappa shape index (κ3) is 2.46. The van der Waals surface area contributed by atoms with E-state index < -0.39 is 0 Å². The molecule has 0 amide bonds. The van der Waals surface area contributed by atoms with Crippen LogP contribution in [0.5, 0.6) is 5.75 Å². The molecule has 7 rings (SSSR count). The molecule has 2 aromatic rings. The first-order chi connectivity index (χ1) is 13.8. The van der Waals surface area contributed by atoms with Crippen LogP contribution in [0.15, 0.2) is 24.3 Å². The molecule has 0 saturated heterocycles. The number of para-hydroxylation sites is 2. The van der Waals surface area contributed by atoms with Crippen molar-refractivity contribution in [3.63, 3.8) is 0 Å². The van der Waals surface area contributed by atoms with Gasteiger partial charge in [0.15, 0.2) is 0 Å². The van der Waals surface area contributed by atoms with Gasteiger partial charge in [-0.25, -0.2) is 4.68 Å². The van der Waals surface area contributed by atoms with Crippen molar-refractivity contribution in [2.45, 2.75) is 63.2 Å². The minimum atomic E-state index is 0.331. The smallest absolute Gasteiger partial charge is 0.144 e. The molecule has 0 atom stereocenters. The molecule has 4 fully saturated rings. The van der Waals surface area contributed by atoms with Crippen LogP contribution in [0.25, 0.3) is 5.69 Å². The highest BCUT2D eigenvalue weighted by Crippen LogP contribution is 2.61. The van der Waals surface area contributed by atoms with E-state index in [1.807, 2.05) is 12.1 Å². The fourth-order valence-corrected chi connectivity index (χ4v) is 7.31. The zero-order valence-electron chi connectivity index (χ0n) is 16.9. The molecule has 1 N–H and O–H groups in total. The van der Waals surface area contributed by atoms with Crippen LogP contribution < -0.4 is 10.1 Å². The molecule has 2 heterocycles. The summed E-state index contributed by atoms with van der Waals surface area (Å²) < 4.78 is 7.87. The van der Waals surface area contributed by atoms with Crippen molar-refractivity contribution in [3.05, 3.63) is 35.5 Å². The second-order valence-corrected chi connectivity index (χ2v) is 9.84. The molecule has 5 aliphatic rings. The summed E-state index contributed by atoms with van der Waals surface area (Å²) in [7, 11) is 1.76. The predicted molar refractivity (Wildman–Crippen MR) is 111 cm³/mol. The molecule has 4 heteroatoms. The minimum absolute atomic E-state index is 0.331. The number of nitrogens with one attached hydrogen (secondary N) is 1. The number of fused-ring (bicyclic) bond motifs is 1. The lowest BCUT2D eigenvalue weighted by Gasteiger charge is -2.56. The second-order valence-electron chi connectivity index (χ2n) is 9.84. The number of ether oxygens (including phenoxy) is 1. The molecule has 0 spiro atoms. The van der Waals surface area contributed by atoms with Crippen molar-refractivity contribution in [2.24, 2.45) is 17.8 Å². The Morgan fingerprint density at radius 1 is 1.04 bits per heavy atom. The lowest BCUT2D eigenvalue weighted by atomic mass is 9.48. The average molecular weight is 378 g/mol. The van der Waals surface area contributed by atoms with Crippen LogP contribution in [0.1, 0.15) is 62.6 Å². The molecular weight excluding hydrogens is 346 g/mol. The van der Waals surface area contributed by atoms with Crippen molar-refractivity contribution >= 4 is 5.82 Å². The Hall–Kier alpha value is -1.97. The van der Waals surface area contributed by atoms with Gasteiger partial charge in [0.1, 0.15) is 17.3 Å². The molecule has 28 heavy (non-hydrogen) atoms. The minimum Gasteiger partial charge on any atom is -0.494 e. The number of benzene rings is 1.